The van der Waals surface area contributed by atoms with Crippen molar-refractivity contribution in [1.29, 1.82) is 5.26 Å². The van der Waals surface area contributed by atoms with Crippen molar-refractivity contribution in [2.75, 3.05) is 31.1 Å². The molecule has 2 aromatic rings. The number of hydrogen-bond donors (Lipinski definition) is 1. The summed E-state index contributed by atoms with van der Waals surface area (Å²) in [5.74, 6) is -2.24. The summed E-state index contributed by atoms with van der Waals surface area (Å²) in [7, 11) is 0. The van der Waals surface area contributed by atoms with Crippen LogP contribution >= 0.6 is 0 Å². The lowest BCUT2D eigenvalue weighted by Crippen LogP contribution is -2.52. The number of fused-ring (bicyclic) bond motifs is 1. The highest BCUT2D eigenvalue weighted by Gasteiger charge is 2.41. The average molecular weight is 479 g/mol. The van der Waals surface area contributed by atoms with E-state index >= 15 is 0 Å². The number of piperazine rings is 1. The minimum Gasteiger partial charge on any atom is -0.369 e. The molecule has 180 valence electrons. The fourth-order valence-electron chi connectivity index (χ4n) is 5.07. The van der Waals surface area contributed by atoms with E-state index in [1.165, 1.54) is 29.2 Å². The van der Waals surface area contributed by atoms with Crippen molar-refractivity contribution in [3.05, 3.63) is 64.2 Å². The summed E-state index contributed by atoms with van der Waals surface area (Å²) in [6, 6.07) is 8.09. The molecule has 0 aliphatic carbocycles. The Bertz CT molecular complexity index is 1270. The van der Waals surface area contributed by atoms with Gasteiger partial charge in [-0.3, -0.25) is 24.6 Å². The summed E-state index contributed by atoms with van der Waals surface area (Å²) in [6.07, 6.45) is 0.399. The zero-order valence-electron chi connectivity index (χ0n) is 18.9. The monoisotopic (exact) mass is 479 g/mol. The number of piperidine rings is 1. The topological polar surface area (TPSA) is 96.8 Å². The Balaban J connectivity index is 1.31. The second-order valence-corrected chi connectivity index (χ2v) is 9.03. The third-order valence-corrected chi connectivity index (χ3v) is 6.90. The number of imide groups is 1. The zero-order valence-corrected chi connectivity index (χ0v) is 18.9. The SMILES string of the molecule is N#Cc1cc(F)ccc1CN1CCN(c2cc(F)cc3c2CN(C2CCC(=O)NC2=O)C3=O)CC1. The molecule has 0 aromatic heterocycles. The third-order valence-electron chi connectivity index (χ3n) is 6.90. The van der Waals surface area contributed by atoms with Crippen molar-refractivity contribution < 1.29 is 23.2 Å². The van der Waals surface area contributed by atoms with Crippen LogP contribution in [0.4, 0.5) is 14.5 Å². The van der Waals surface area contributed by atoms with Crippen molar-refractivity contribution in [2.24, 2.45) is 0 Å². The minimum absolute atomic E-state index is 0.154. The van der Waals surface area contributed by atoms with Crippen LogP contribution in [0.25, 0.3) is 0 Å². The van der Waals surface area contributed by atoms with Crippen molar-refractivity contribution in [2.45, 2.75) is 32.0 Å². The lowest BCUT2D eigenvalue weighted by atomic mass is 10.0. The lowest BCUT2D eigenvalue weighted by Gasteiger charge is -2.37. The quantitative estimate of drug-likeness (QED) is 0.674. The van der Waals surface area contributed by atoms with E-state index in [2.05, 4.69) is 10.2 Å². The van der Waals surface area contributed by atoms with Crippen molar-refractivity contribution in [3.8, 4) is 6.07 Å². The second-order valence-electron chi connectivity index (χ2n) is 9.03. The summed E-state index contributed by atoms with van der Waals surface area (Å²) in [4.78, 5) is 42.5. The third kappa shape index (κ3) is 4.35. The molecule has 35 heavy (non-hydrogen) atoms. The molecule has 0 spiro atoms. The molecule has 0 radical (unpaired) electrons. The molecule has 1 unspecified atom stereocenters. The normalized spacial score (nSPS) is 20.6. The highest BCUT2D eigenvalue weighted by molar-refractivity contribution is 6.06. The molecule has 8 nitrogen and oxygen atoms in total. The van der Waals surface area contributed by atoms with Gasteiger partial charge in [-0.2, -0.15) is 5.26 Å². The second kappa shape index (κ2) is 9.07. The number of nitrogens with zero attached hydrogens (tertiary/aromatic N) is 4. The Kier molecular flexibility index (Phi) is 5.94. The summed E-state index contributed by atoms with van der Waals surface area (Å²) in [5.41, 5.74) is 2.61. The molecular formula is C25H23F2N5O3. The van der Waals surface area contributed by atoms with Gasteiger partial charge in [-0.05, 0) is 36.2 Å². The summed E-state index contributed by atoms with van der Waals surface area (Å²) >= 11 is 0. The molecular weight excluding hydrogens is 456 g/mol. The van der Waals surface area contributed by atoms with Crippen molar-refractivity contribution >= 4 is 23.4 Å². The molecule has 0 saturated carbocycles. The van der Waals surface area contributed by atoms with Gasteiger partial charge in [0.1, 0.15) is 17.7 Å². The van der Waals surface area contributed by atoms with E-state index in [1.54, 1.807) is 6.07 Å². The molecule has 2 saturated heterocycles. The number of carbonyl (C=O) groups is 3. The number of anilines is 1. The smallest absolute Gasteiger partial charge is 0.255 e. The Labute approximate surface area is 200 Å². The number of benzene rings is 2. The van der Waals surface area contributed by atoms with Gasteiger partial charge in [0.15, 0.2) is 0 Å². The van der Waals surface area contributed by atoms with Crippen LogP contribution in [0.1, 0.15) is 39.9 Å². The van der Waals surface area contributed by atoms with Gasteiger partial charge in [-0.25, -0.2) is 8.78 Å². The number of nitrogens with one attached hydrogen (secondary N) is 1. The van der Waals surface area contributed by atoms with E-state index < -0.39 is 29.5 Å². The molecule has 10 heteroatoms. The van der Waals surface area contributed by atoms with Crippen LogP contribution in [0.3, 0.4) is 0 Å². The molecule has 1 atom stereocenters. The first-order valence-electron chi connectivity index (χ1n) is 11.5. The van der Waals surface area contributed by atoms with Crippen molar-refractivity contribution in [1.82, 2.24) is 15.1 Å². The van der Waals surface area contributed by atoms with E-state index in [0.717, 1.165) is 5.56 Å². The first-order valence-corrected chi connectivity index (χ1v) is 11.5. The maximum absolute atomic E-state index is 14.5. The van der Waals surface area contributed by atoms with Crippen LogP contribution in [-0.4, -0.2) is 59.7 Å². The first kappa shape index (κ1) is 22.9. The van der Waals surface area contributed by atoms with Crippen LogP contribution in [0.15, 0.2) is 30.3 Å². The first-order chi connectivity index (χ1) is 16.8. The largest absolute Gasteiger partial charge is 0.369 e. The van der Waals surface area contributed by atoms with Gasteiger partial charge in [0.2, 0.25) is 11.8 Å². The van der Waals surface area contributed by atoms with Gasteiger partial charge in [-0.15, -0.1) is 0 Å². The Hall–Kier alpha value is -3.84. The molecule has 3 aliphatic rings. The molecule has 2 aromatic carbocycles. The standard InChI is InChI=1S/C25H23F2N5O3/c26-17-2-1-15(16(9-17)12-28)13-30-5-7-31(8-6-30)22-11-18(27)10-19-20(22)14-32(25(19)35)21-3-4-23(33)29-24(21)34/h1-2,9-11,21H,3-8,13-14H2,(H,29,33,34). The molecule has 0 bridgehead atoms. The molecule has 5 rings (SSSR count). The number of hydrogen-bond acceptors (Lipinski definition) is 6. The number of rotatable bonds is 4. The van der Waals surface area contributed by atoms with Crippen LogP contribution in [-0.2, 0) is 22.7 Å². The zero-order chi connectivity index (χ0) is 24.7. The van der Waals surface area contributed by atoms with E-state index in [4.69, 9.17) is 0 Å². The fourth-order valence-corrected chi connectivity index (χ4v) is 5.07. The van der Waals surface area contributed by atoms with Gasteiger partial charge in [0.25, 0.3) is 5.91 Å². The molecule has 3 aliphatic heterocycles. The van der Waals surface area contributed by atoms with Crippen LogP contribution in [0.2, 0.25) is 0 Å². The summed E-state index contributed by atoms with van der Waals surface area (Å²) < 4.78 is 28.0. The van der Waals surface area contributed by atoms with Crippen molar-refractivity contribution in [3.63, 3.8) is 0 Å². The highest BCUT2D eigenvalue weighted by Crippen LogP contribution is 2.35. The van der Waals surface area contributed by atoms with Crippen LogP contribution < -0.4 is 10.2 Å². The molecule has 2 fully saturated rings. The van der Waals surface area contributed by atoms with Gasteiger partial charge >= 0.3 is 0 Å². The van der Waals surface area contributed by atoms with Gasteiger partial charge in [-0.1, -0.05) is 6.07 Å². The lowest BCUT2D eigenvalue weighted by molar-refractivity contribution is -0.136. The van der Waals surface area contributed by atoms with E-state index in [1.807, 2.05) is 11.0 Å². The van der Waals surface area contributed by atoms with E-state index in [0.29, 0.717) is 49.5 Å². The predicted octanol–water partition coefficient (Wildman–Crippen LogP) is 1.92. The summed E-state index contributed by atoms with van der Waals surface area (Å²) in [5, 5.41) is 11.6. The Morgan fingerprint density at radius 3 is 2.51 bits per heavy atom. The molecule has 1 N–H and O–H groups in total. The number of nitriles is 1. The Morgan fingerprint density at radius 2 is 1.80 bits per heavy atom. The molecule has 3 heterocycles. The number of halogens is 2. The van der Waals surface area contributed by atoms with Crippen LogP contribution in [0, 0.1) is 23.0 Å². The average Bonchev–Trinajstić information content (AvgIpc) is 3.16. The number of carbonyl (C=O) groups excluding carboxylic acids is 3. The fraction of sp³-hybridized carbons (Fsp3) is 0.360. The number of amides is 3. The minimum atomic E-state index is -0.759. The Morgan fingerprint density at radius 1 is 1.03 bits per heavy atom. The highest BCUT2D eigenvalue weighted by atomic mass is 19.1. The maximum Gasteiger partial charge on any atom is 0.255 e. The van der Waals surface area contributed by atoms with Gasteiger partial charge in [0.05, 0.1) is 11.6 Å². The maximum atomic E-state index is 14.5. The summed E-state index contributed by atoms with van der Waals surface area (Å²) in [6.45, 7) is 3.10. The van der Waals surface area contributed by atoms with Gasteiger partial charge in [0, 0.05) is 62.5 Å². The van der Waals surface area contributed by atoms with Gasteiger partial charge < -0.3 is 9.80 Å². The predicted molar refractivity (Wildman–Crippen MR) is 121 cm³/mol. The van der Waals surface area contributed by atoms with Crippen LogP contribution in [0.5, 0.6) is 0 Å². The molecule has 3 amide bonds. The van der Waals surface area contributed by atoms with E-state index in [9.17, 15) is 28.4 Å². The van der Waals surface area contributed by atoms with E-state index in [-0.39, 0.29) is 30.9 Å².